The molecule has 5 nitrogen and oxygen atoms in total. The molecule has 3 heterocycles. The third-order valence-corrected chi connectivity index (χ3v) is 5.60. The van der Waals surface area contributed by atoms with Crippen molar-refractivity contribution in [2.45, 2.75) is 25.8 Å². The molecule has 0 unspecified atom stereocenters. The Morgan fingerprint density at radius 2 is 2.00 bits per heavy atom. The van der Waals surface area contributed by atoms with Gasteiger partial charge in [0.05, 0.1) is 28.4 Å². The molecule has 1 amide bonds. The standard InChI is InChI=1S/C20H22N4OS/c25-20(16-7-2-3-8-18(16)24-10-4-1-5-11-24)21-14-15-13-17(23-22-15)19-9-6-12-26-19/h2-3,6-9,12-13H,1,4-5,10-11,14H2,(H,21,25)(H,22,23). The summed E-state index contributed by atoms with van der Waals surface area (Å²) in [6, 6.07) is 13.9. The first kappa shape index (κ1) is 16.8. The van der Waals surface area contributed by atoms with Crippen LogP contribution >= 0.6 is 11.3 Å². The minimum absolute atomic E-state index is 0.0492. The van der Waals surface area contributed by atoms with E-state index in [1.54, 1.807) is 11.3 Å². The second kappa shape index (κ2) is 7.74. The summed E-state index contributed by atoms with van der Waals surface area (Å²) in [6.45, 7) is 2.46. The highest BCUT2D eigenvalue weighted by Gasteiger charge is 2.18. The molecular weight excluding hydrogens is 344 g/mol. The number of hydrogen-bond donors (Lipinski definition) is 2. The van der Waals surface area contributed by atoms with Crippen LogP contribution in [-0.4, -0.2) is 29.2 Å². The maximum absolute atomic E-state index is 12.7. The molecular formula is C20H22N4OS. The number of aromatic amines is 1. The Bertz CT molecular complexity index is 866. The van der Waals surface area contributed by atoms with Gasteiger partial charge in [-0.25, -0.2) is 0 Å². The number of aromatic nitrogens is 2. The highest BCUT2D eigenvalue weighted by atomic mass is 32.1. The van der Waals surface area contributed by atoms with Gasteiger partial charge in [-0.2, -0.15) is 5.10 Å². The molecule has 2 aromatic heterocycles. The number of piperidine rings is 1. The molecule has 0 saturated carbocycles. The molecule has 6 heteroatoms. The van der Waals surface area contributed by atoms with Crippen LogP contribution in [0.25, 0.3) is 10.6 Å². The minimum Gasteiger partial charge on any atom is -0.371 e. The molecule has 0 bridgehead atoms. The van der Waals surface area contributed by atoms with E-state index in [-0.39, 0.29) is 5.91 Å². The van der Waals surface area contributed by atoms with E-state index in [4.69, 9.17) is 0 Å². The van der Waals surface area contributed by atoms with Crippen LogP contribution in [0.5, 0.6) is 0 Å². The quantitative estimate of drug-likeness (QED) is 0.716. The summed E-state index contributed by atoms with van der Waals surface area (Å²) >= 11 is 1.66. The van der Waals surface area contributed by atoms with Crippen molar-refractivity contribution in [1.29, 1.82) is 0 Å². The number of amides is 1. The average molecular weight is 366 g/mol. The fraction of sp³-hybridized carbons (Fsp3) is 0.300. The number of para-hydroxylation sites is 1. The highest BCUT2D eigenvalue weighted by molar-refractivity contribution is 7.13. The van der Waals surface area contributed by atoms with E-state index in [0.717, 1.165) is 40.6 Å². The van der Waals surface area contributed by atoms with Crippen LogP contribution in [0.1, 0.15) is 35.3 Å². The van der Waals surface area contributed by atoms with Crippen molar-refractivity contribution in [2.75, 3.05) is 18.0 Å². The summed E-state index contributed by atoms with van der Waals surface area (Å²) in [5.41, 5.74) is 3.59. The number of H-pyrrole nitrogens is 1. The zero-order valence-corrected chi connectivity index (χ0v) is 15.4. The maximum Gasteiger partial charge on any atom is 0.253 e. The first-order valence-electron chi connectivity index (χ1n) is 9.01. The van der Waals surface area contributed by atoms with E-state index in [1.165, 1.54) is 19.3 Å². The van der Waals surface area contributed by atoms with Gasteiger partial charge >= 0.3 is 0 Å². The number of hydrogen-bond acceptors (Lipinski definition) is 4. The highest BCUT2D eigenvalue weighted by Crippen LogP contribution is 2.25. The third kappa shape index (κ3) is 3.65. The van der Waals surface area contributed by atoms with Gasteiger partial charge in [0.25, 0.3) is 5.91 Å². The number of nitrogens with one attached hydrogen (secondary N) is 2. The number of carbonyl (C=O) groups excluding carboxylic acids is 1. The normalized spacial score (nSPS) is 14.4. The summed E-state index contributed by atoms with van der Waals surface area (Å²) < 4.78 is 0. The smallest absolute Gasteiger partial charge is 0.253 e. The minimum atomic E-state index is -0.0492. The molecule has 0 radical (unpaired) electrons. The Balaban J connectivity index is 1.44. The number of rotatable bonds is 5. The molecule has 0 spiro atoms. The van der Waals surface area contributed by atoms with Crippen LogP contribution in [0, 0.1) is 0 Å². The van der Waals surface area contributed by atoms with Crippen molar-refractivity contribution in [1.82, 2.24) is 15.5 Å². The van der Waals surface area contributed by atoms with E-state index in [1.807, 2.05) is 41.8 Å². The Morgan fingerprint density at radius 3 is 2.81 bits per heavy atom. The van der Waals surface area contributed by atoms with Crippen LogP contribution in [-0.2, 0) is 6.54 Å². The number of anilines is 1. The lowest BCUT2D eigenvalue weighted by Crippen LogP contribution is -2.32. The Morgan fingerprint density at radius 1 is 1.15 bits per heavy atom. The van der Waals surface area contributed by atoms with E-state index in [0.29, 0.717) is 6.54 Å². The lowest BCUT2D eigenvalue weighted by molar-refractivity contribution is 0.0951. The largest absolute Gasteiger partial charge is 0.371 e. The van der Waals surface area contributed by atoms with E-state index in [9.17, 15) is 4.79 Å². The second-order valence-corrected chi connectivity index (χ2v) is 7.45. The summed E-state index contributed by atoms with van der Waals surface area (Å²) in [7, 11) is 0. The van der Waals surface area contributed by atoms with Gasteiger partial charge in [0.15, 0.2) is 0 Å². The Labute approximate surface area is 157 Å². The summed E-state index contributed by atoms with van der Waals surface area (Å²) in [4.78, 5) is 16.2. The molecule has 1 aliphatic heterocycles. The molecule has 1 saturated heterocycles. The van der Waals surface area contributed by atoms with Gasteiger partial charge in [-0.05, 0) is 48.9 Å². The van der Waals surface area contributed by atoms with Crippen LogP contribution in [0.2, 0.25) is 0 Å². The zero-order chi connectivity index (χ0) is 17.8. The van der Waals surface area contributed by atoms with Gasteiger partial charge in [-0.1, -0.05) is 18.2 Å². The first-order valence-corrected chi connectivity index (χ1v) is 9.89. The van der Waals surface area contributed by atoms with Crippen molar-refractivity contribution in [2.24, 2.45) is 0 Å². The monoisotopic (exact) mass is 366 g/mol. The molecule has 0 aliphatic carbocycles. The zero-order valence-electron chi connectivity index (χ0n) is 14.6. The van der Waals surface area contributed by atoms with Crippen LogP contribution in [0.4, 0.5) is 5.69 Å². The van der Waals surface area contributed by atoms with E-state index < -0.39 is 0 Å². The molecule has 1 fully saturated rings. The van der Waals surface area contributed by atoms with E-state index in [2.05, 4.69) is 26.5 Å². The predicted molar refractivity (Wildman–Crippen MR) is 106 cm³/mol. The van der Waals surface area contributed by atoms with Gasteiger partial charge in [-0.15, -0.1) is 11.3 Å². The summed E-state index contributed by atoms with van der Waals surface area (Å²) in [5.74, 6) is -0.0492. The maximum atomic E-state index is 12.7. The van der Waals surface area contributed by atoms with Gasteiger partial charge in [0, 0.05) is 18.8 Å². The summed E-state index contributed by atoms with van der Waals surface area (Å²) in [5, 5.41) is 12.4. The number of carbonyl (C=O) groups is 1. The molecule has 1 aliphatic rings. The molecule has 3 aromatic rings. The number of thiophene rings is 1. The summed E-state index contributed by atoms with van der Waals surface area (Å²) in [6.07, 6.45) is 3.65. The van der Waals surface area contributed by atoms with E-state index >= 15 is 0 Å². The molecule has 26 heavy (non-hydrogen) atoms. The topological polar surface area (TPSA) is 61.0 Å². The molecule has 4 rings (SSSR count). The second-order valence-electron chi connectivity index (χ2n) is 6.50. The van der Waals surface area contributed by atoms with Gasteiger partial charge < -0.3 is 10.2 Å². The van der Waals surface area contributed by atoms with Crippen LogP contribution in [0.3, 0.4) is 0 Å². The van der Waals surface area contributed by atoms with Crippen LogP contribution in [0.15, 0.2) is 47.8 Å². The predicted octanol–water partition coefficient (Wildman–Crippen LogP) is 4.06. The van der Waals surface area contributed by atoms with Crippen molar-refractivity contribution in [3.05, 3.63) is 59.1 Å². The van der Waals surface area contributed by atoms with Crippen molar-refractivity contribution >= 4 is 22.9 Å². The SMILES string of the molecule is O=C(NCc1cc(-c2cccs2)[nH]n1)c1ccccc1N1CCCCC1. The third-order valence-electron chi connectivity index (χ3n) is 4.69. The number of nitrogens with zero attached hydrogens (tertiary/aromatic N) is 2. The fourth-order valence-electron chi connectivity index (χ4n) is 3.35. The Kier molecular flexibility index (Phi) is 5.02. The lowest BCUT2D eigenvalue weighted by atomic mass is 10.1. The molecule has 0 atom stereocenters. The molecule has 134 valence electrons. The Hall–Kier alpha value is -2.60. The van der Waals surface area contributed by atoms with Gasteiger partial charge in [0.2, 0.25) is 0 Å². The fourth-order valence-corrected chi connectivity index (χ4v) is 4.05. The van der Waals surface area contributed by atoms with Gasteiger partial charge in [0.1, 0.15) is 0 Å². The van der Waals surface area contributed by atoms with Gasteiger partial charge in [-0.3, -0.25) is 9.89 Å². The molecule has 1 aromatic carbocycles. The van der Waals surface area contributed by atoms with Crippen molar-refractivity contribution in [3.63, 3.8) is 0 Å². The lowest BCUT2D eigenvalue weighted by Gasteiger charge is -2.30. The van der Waals surface area contributed by atoms with Crippen molar-refractivity contribution < 1.29 is 4.79 Å². The molecule has 2 N–H and O–H groups in total. The first-order chi connectivity index (χ1) is 12.8. The average Bonchev–Trinajstić information content (AvgIpc) is 3.38. The number of benzene rings is 1. The van der Waals surface area contributed by atoms with Crippen LogP contribution < -0.4 is 10.2 Å². The van der Waals surface area contributed by atoms with Crippen molar-refractivity contribution in [3.8, 4) is 10.6 Å².